The summed E-state index contributed by atoms with van der Waals surface area (Å²) in [6.07, 6.45) is 60.7. The van der Waals surface area contributed by atoms with Crippen LogP contribution < -0.4 is 5.73 Å². The maximum Gasteiger partial charge on any atom is 0.472 e. The lowest BCUT2D eigenvalue weighted by atomic mass is 10.1. The van der Waals surface area contributed by atoms with E-state index in [9.17, 15) is 19.0 Å². The predicted octanol–water partition coefficient (Wildman–Crippen LogP) is 12.7. The Morgan fingerprint density at radius 3 is 1.34 bits per heavy atom. The van der Waals surface area contributed by atoms with Crippen LogP contribution in [0.3, 0.4) is 0 Å². The molecule has 0 saturated carbocycles. The zero-order valence-corrected chi connectivity index (χ0v) is 37.1. The number of nitrogens with two attached hydrogens (primary N) is 1. The third kappa shape index (κ3) is 43.6. The van der Waals surface area contributed by atoms with E-state index in [0.29, 0.717) is 12.8 Å². The van der Waals surface area contributed by atoms with E-state index in [0.717, 1.165) is 89.9 Å². The van der Waals surface area contributed by atoms with Crippen molar-refractivity contribution in [3.8, 4) is 0 Å². The third-order valence-corrected chi connectivity index (χ3v) is 9.03. The van der Waals surface area contributed by atoms with Gasteiger partial charge in [0.25, 0.3) is 0 Å². The van der Waals surface area contributed by atoms with Gasteiger partial charge in [-0.1, -0.05) is 154 Å². The molecule has 59 heavy (non-hydrogen) atoms. The number of phosphoric ester groups is 1. The first-order chi connectivity index (χ1) is 28.8. The Balaban J connectivity index is 4.38. The van der Waals surface area contributed by atoms with E-state index in [1.54, 1.807) is 0 Å². The second-order valence-electron chi connectivity index (χ2n) is 13.4. The molecule has 0 aromatic rings. The van der Waals surface area contributed by atoms with E-state index < -0.39 is 32.5 Å². The molecule has 330 valence electrons. The van der Waals surface area contributed by atoms with Gasteiger partial charge in [0.05, 0.1) is 13.2 Å². The summed E-state index contributed by atoms with van der Waals surface area (Å²) in [5.74, 6) is -0.981. The number of carbonyl (C=O) groups is 2. The number of phosphoric acid groups is 1. The summed E-state index contributed by atoms with van der Waals surface area (Å²) in [6.45, 7) is 3.34. The molecule has 2 atom stereocenters. The average Bonchev–Trinajstić information content (AvgIpc) is 3.22. The van der Waals surface area contributed by atoms with Crippen LogP contribution in [0.1, 0.15) is 129 Å². The monoisotopic (exact) mass is 838 g/mol. The molecule has 0 radical (unpaired) electrons. The molecule has 0 rings (SSSR count). The van der Waals surface area contributed by atoms with Crippen LogP contribution >= 0.6 is 7.82 Å². The Hall–Kier alpha value is -3.85. The predicted molar refractivity (Wildman–Crippen MR) is 247 cm³/mol. The van der Waals surface area contributed by atoms with Gasteiger partial charge in [-0.05, 0) is 96.3 Å². The standard InChI is InChI=1S/C49H76NO8P/c1-3-5-7-9-11-13-15-17-19-21-23-25-27-29-31-33-35-37-39-41-48(51)55-45-47(46-57-59(53,54)56-44-43-50)58-49(52)42-40-38-36-34-32-30-28-26-24-22-20-18-16-14-12-10-8-6-4-2/h5-8,11-14,17-20,23-26,29-32,36,38,47H,3-4,9-10,15-16,21-22,27-28,33-35,37,39-46,50H2,1-2H3,(H,53,54)/b7-5-,8-6-,13-11-,14-12-,19-17-,20-18-,25-23-,26-24-,31-29-,32-30-,38-36-. The van der Waals surface area contributed by atoms with E-state index in [1.807, 2.05) is 12.2 Å². The first kappa shape index (κ1) is 55.2. The largest absolute Gasteiger partial charge is 0.472 e. The number of allylic oxidation sites excluding steroid dienone is 22. The summed E-state index contributed by atoms with van der Waals surface area (Å²) in [6, 6.07) is 0. The fourth-order valence-corrected chi connectivity index (χ4v) is 5.68. The number of carbonyl (C=O) groups excluding carboxylic acids is 2. The van der Waals surface area contributed by atoms with Crippen molar-refractivity contribution in [2.45, 2.75) is 136 Å². The quantitative estimate of drug-likeness (QED) is 0.0270. The van der Waals surface area contributed by atoms with Crippen LogP contribution in [0.25, 0.3) is 0 Å². The summed E-state index contributed by atoms with van der Waals surface area (Å²) in [4.78, 5) is 34.9. The van der Waals surface area contributed by atoms with Crippen molar-refractivity contribution in [1.29, 1.82) is 0 Å². The number of esters is 2. The van der Waals surface area contributed by atoms with Gasteiger partial charge in [0.15, 0.2) is 6.10 Å². The average molecular weight is 838 g/mol. The van der Waals surface area contributed by atoms with E-state index in [4.69, 9.17) is 24.3 Å². The zero-order valence-electron chi connectivity index (χ0n) is 36.2. The minimum atomic E-state index is -4.42. The number of hydrogen-bond donors (Lipinski definition) is 2. The molecule has 0 aliphatic heterocycles. The van der Waals surface area contributed by atoms with Gasteiger partial charge in [-0.25, -0.2) is 4.57 Å². The molecule has 0 bridgehead atoms. The molecular weight excluding hydrogens is 762 g/mol. The normalized spacial score (nSPS) is 14.6. The fraction of sp³-hybridized carbons (Fsp3) is 0.510. The van der Waals surface area contributed by atoms with Gasteiger partial charge in [0.1, 0.15) is 6.61 Å². The van der Waals surface area contributed by atoms with Crippen molar-refractivity contribution >= 4 is 19.8 Å². The molecule has 0 aliphatic rings. The van der Waals surface area contributed by atoms with E-state index in [-0.39, 0.29) is 32.6 Å². The van der Waals surface area contributed by atoms with Crippen LogP contribution in [0.15, 0.2) is 134 Å². The Bertz CT molecular complexity index is 1420. The SMILES string of the molecule is CC/C=C\C/C=C\C/C=C\C/C=C\C/C=C\C/C=C\CCC(=O)OC(COC(=O)CCCCC/C=C\C/C=C\C/C=C\C/C=C\C/C=C\CC)COP(=O)(O)OCCN. The third-order valence-electron chi connectivity index (χ3n) is 8.05. The smallest absolute Gasteiger partial charge is 0.462 e. The van der Waals surface area contributed by atoms with Crippen LogP contribution in [0.5, 0.6) is 0 Å². The van der Waals surface area contributed by atoms with Crippen LogP contribution in [-0.4, -0.2) is 49.3 Å². The van der Waals surface area contributed by atoms with Crippen LogP contribution in [0, 0.1) is 0 Å². The van der Waals surface area contributed by atoms with E-state index >= 15 is 0 Å². The highest BCUT2D eigenvalue weighted by Crippen LogP contribution is 2.43. The fourth-order valence-electron chi connectivity index (χ4n) is 4.92. The maximum atomic E-state index is 12.6. The molecule has 0 aromatic heterocycles. The van der Waals surface area contributed by atoms with Crippen LogP contribution in [0.2, 0.25) is 0 Å². The number of hydrogen-bond acceptors (Lipinski definition) is 8. The molecule has 0 fully saturated rings. The molecule has 10 heteroatoms. The van der Waals surface area contributed by atoms with Gasteiger partial charge >= 0.3 is 19.8 Å². The zero-order chi connectivity index (χ0) is 43.2. The second kappa shape index (κ2) is 43.7. The highest BCUT2D eigenvalue weighted by atomic mass is 31.2. The second-order valence-corrected chi connectivity index (χ2v) is 14.9. The number of rotatable bonds is 38. The number of unbranched alkanes of at least 4 members (excludes halogenated alkanes) is 3. The molecule has 0 saturated heterocycles. The van der Waals surface area contributed by atoms with Crippen molar-refractivity contribution in [3.63, 3.8) is 0 Å². The van der Waals surface area contributed by atoms with Crippen molar-refractivity contribution in [2.24, 2.45) is 5.73 Å². The molecule has 0 aromatic carbocycles. The van der Waals surface area contributed by atoms with Gasteiger partial charge in [-0.3, -0.25) is 18.6 Å². The van der Waals surface area contributed by atoms with Crippen molar-refractivity contribution in [1.82, 2.24) is 0 Å². The van der Waals surface area contributed by atoms with Gasteiger partial charge in [-0.15, -0.1) is 0 Å². The number of ether oxygens (including phenoxy) is 2. The molecule has 3 N–H and O–H groups in total. The van der Waals surface area contributed by atoms with Crippen molar-refractivity contribution < 1.29 is 37.6 Å². The Morgan fingerprint density at radius 2 is 0.915 bits per heavy atom. The molecule has 0 heterocycles. The van der Waals surface area contributed by atoms with E-state index in [2.05, 4.69) is 135 Å². The summed E-state index contributed by atoms with van der Waals surface area (Å²) >= 11 is 0. The molecule has 2 unspecified atom stereocenters. The highest BCUT2D eigenvalue weighted by molar-refractivity contribution is 7.47. The van der Waals surface area contributed by atoms with E-state index in [1.165, 1.54) is 0 Å². The van der Waals surface area contributed by atoms with Gasteiger partial charge in [0, 0.05) is 19.4 Å². The van der Waals surface area contributed by atoms with Gasteiger partial charge in [0.2, 0.25) is 0 Å². The Kier molecular flexibility index (Phi) is 40.9. The van der Waals surface area contributed by atoms with Crippen molar-refractivity contribution in [2.75, 3.05) is 26.4 Å². The lowest BCUT2D eigenvalue weighted by Gasteiger charge is -2.19. The summed E-state index contributed by atoms with van der Waals surface area (Å²) in [5, 5.41) is 0. The first-order valence-electron chi connectivity index (χ1n) is 21.7. The minimum Gasteiger partial charge on any atom is -0.462 e. The van der Waals surface area contributed by atoms with Crippen LogP contribution in [0.4, 0.5) is 0 Å². The molecule has 0 spiro atoms. The molecular formula is C49H76NO8P. The summed E-state index contributed by atoms with van der Waals surface area (Å²) < 4.78 is 32.7. The van der Waals surface area contributed by atoms with Gasteiger partial charge in [-0.2, -0.15) is 0 Å². The van der Waals surface area contributed by atoms with Crippen LogP contribution in [-0.2, 0) is 32.7 Å². The first-order valence-corrected chi connectivity index (χ1v) is 23.2. The van der Waals surface area contributed by atoms with Crippen molar-refractivity contribution in [3.05, 3.63) is 134 Å². The molecule has 0 aliphatic carbocycles. The van der Waals surface area contributed by atoms with Gasteiger partial charge < -0.3 is 20.1 Å². The molecule has 0 amide bonds. The molecule has 9 nitrogen and oxygen atoms in total. The minimum absolute atomic E-state index is 0.0286. The highest BCUT2D eigenvalue weighted by Gasteiger charge is 2.25. The lowest BCUT2D eigenvalue weighted by molar-refractivity contribution is -0.161. The maximum absolute atomic E-state index is 12.6. The Labute approximate surface area is 357 Å². The summed E-state index contributed by atoms with van der Waals surface area (Å²) in [5.41, 5.74) is 5.34. The Morgan fingerprint density at radius 1 is 0.508 bits per heavy atom. The topological polar surface area (TPSA) is 134 Å². The lowest BCUT2D eigenvalue weighted by Crippen LogP contribution is -2.29. The summed E-state index contributed by atoms with van der Waals surface area (Å²) in [7, 11) is -4.42.